The van der Waals surface area contributed by atoms with E-state index in [4.69, 9.17) is 9.52 Å². The third-order valence-corrected chi connectivity index (χ3v) is 4.80. The molecule has 0 bridgehead atoms. The molecule has 1 aliphatic heterocycles. The van der Waals surface area contributed by atoms with Crippen LogP contribution in [0.25, 0.3) is 0 Å². The molecule has 1 aromatic rings. The molecule has 9 heteroatoms. The van der Waals surface area contributed by atoms with Gasteiger partial charge >= 0.3 is 5.97 Å². The Hall–Kier alpha value is -1.87. The van der Waals surface area contributed by atoms with E-state index < -0.39 is 21.8 Å². The van der Waals surface area contributed by atoms with Gasteiger partial charge in [-0.25, -0.2) is 13.2 Å². The van der Waals surface area contributed by atoms with Gasteiger partial charge in [0.05, 0.1) is 18.1 Å². The summed E-state index contributed by atoms with van der Waals surface area (Å²) in [5, 5.41) is 14.2. The van der Waals surface area contributed by atoms with Crippen molar-refractivity contribution in [3.63, 3.8) is 0 Å². The number of hydrogen-bond donors (Lipinski definition) is 3. The summed E-state index contributed by atoms with van der Waals surface area (Å²) in [6.45, 7) is 0.409. The SMILES string of the molecule is O=C(CC1CS(=O)(=O)CCN1)NCc1ccc(C(=O)O)o1. The van der Waals surface area contributed by atoms with Crippen LogP contribution in [0.4, 0.5) is 0 Å². The standard InChI is InChI=1S/C12H16N2O6S/c15-11(5-8-7-21(18,19)4-3-13-8)14-6-9-1-2-10(20-9)12(16)17/h1-2,8,13H,3-7H2,(H,14,15)(H,16,17). The van der Waals surface area contributed by atoms with Crippen LogP contribution in [0.15, 0.2) is 16.5 Å². The lowest BCUT2D eigenvalue weighted by Gasteiger charge is -2.22. The number of amides is 1. The maximum atomic E-state index is 11.7. The fourth-order valence-electron chi connectivity index (χ4n) is 2.07. The summed E-state index contributed by atoms with van der Waals surface area (Å²) in [5.41, 5.74) is 0. The fraction of sp³-hybridized carbons (Fsp3) is 0.500. The Morgan fingerprint density at radius 2 is 2.19 bits per heavy atom. The van der Waals surface area contributed by atoms with Crippen molar-refractivity contribution >= 4 is 21.7 Å². The van der Waals surface area contributed by atoms with Gasteiger partial charge in [0.1, 0.15) is 5.76 Å². The maximum absolute atomic E-state index is 11.7. The van der Waals surface area contributed by atoms with E-state index in [0.717, 1.165) is 0 Å². The van der Waals surface area contributed by atoms with E-state index in [0.29, 0.717) is 12.3 Å². The topological polar surface area (TPSA) is 126 Å². The highest BCUT2D eigenvalue weighted by Gasteiger charge is 2.25. The Morgan fingerprint density at radius 3 is 2.81 bits per heavy atom. The maximum Gasteiger partial charge on any atom is 0.371 e. The van der Waals surface area contributed by atoms with Crippen LogP contribution in [0, 0.1) is 0 Å². The van der Waals surface area contributed by atoms with Gasteiger partial charge in [0.15, 0.2) is 9.84 Å². The van der Waals surface area contributed by atoms with Gasteiger partial charge < -0.3 is 20.2 Å². The largest absolute Gasteiger partial charge is 0.475 e. The van der Waals surface area contributed by atoms with E-state index in [1.165, 1.54) is 12.1 Å². The molecule has 1 fully saturated rings. The monoisotopic (exact) mass is 316 g/mol. The number of hydrogen-bond acceptors (Lipinski definition) is 6. The number of carbonyl (C=O) groups is 2. The van der Waals surface area contributed by atoms with E-state index in [9.17, 15) is 18.0 Å². The normalized spacial score (nSPS) is 20.9. The molecule has 0 saturated carbocycles. The van der Waals surface area contributed by atoms with Crippen molar-refractivity contribution in [2.45, 2.75) is 19.0 Å². The quantitative estimate of drug-likeness (QED) is 0.660. The first-order chi connectivity index (χ1) is 9.85. The van der Waals surface area contributed by atoms with Crippen LogP contribution < -0.4 is 10.6 Å². The number of furan rings is 1. The molecule has 2 heterocycles. The van der Waals surface area contributed by atoms with Crippen molar-refractivity contribution in [3.8, 4) is 0 Å². The second-order valence-electron chi connectivity index (χ2n) is 4.82. The Morgan fingerprint density at radius 1 is 1.43 bits per heavy atom. The Balaban J connectivity index is 1.80. The summed E-state index contributed by atoms with van der Waals surface area (Å²) in [7, 11) is -3.08. The second-order valence-corrected chi connectivity index (χ2v) is 7.05. The van der Waals surface area contributed by atoms with Crippen molar-refractivity contribution in [2.24, 2.45) is 0 Å². The van der Waals surface area contributed by atoms with E-state index in [-0.39, 0.29) is 36.1 Å². The highest BCUT2D eigenvalue weighted by Crippen LogP contribution is 2.08. The molecule has 1 unspecified atom stereocenters. The van der Waals surface area contributed by atoms with Crippen molar-refractivity contribution in [3.05, 3.63) is 23.7 Å². The molecular formula is C12H16N2O6S. The predicted octanol–water partition coefficient (Wildman–Crippen LogP) is -0.629. The number of aromatic carboxylic acids is 1. The molecule has 0 spiro atoms. The van der Waals surface area contributed by atoms with Crippen molar-refractivity contribution in [1.82, 2.24) is 10.6 Å². The van der Waals surface area contributed by atoms with Gasteiger partial charge in [0.25, 0.3) is 0 Å². The number of carboxylic acid groups (broad SMARTS) is 1. The predicted molar refractivity (Wildman–Crippen MR) is 72.6 cm³/mol. The molecular weight excluding hydrogens is 300 g/mol. The molecule has 116 valence electrons. The lowest BCUT2D eigenvalue weighted by atomic mass is 10.2. The Kier molecular flexibility index (Phi) is 4.63. The molecule has 8 nitrogen and oxygen atoms in total. The lowest BCUT2D eigenvalue weighted by Crippen LogP contribution is -2.47. The van der Waals surface area contributed by atoms with Gasteiger partial charge in [-0.3, -0.25) is 4.79 Å². The van der Waals surface area contributed by atoms with Crippen LogP contribution in [0.5, 0.6) is 0 Å². The summed E-state index contributed by atoms with van der Waals surface area (Å²) in [6.07, 6.45) is 0.0473. The summed E-state index contributed by atoms with van der Waals surface area (Å²) < 4.78 is 27.9. The molecule has 0 aromatic carbocycles. The van der Waals surface area contributed by atoms with E-state index in [1.54, 1.807) is 0 Å². The first-order valence-electron chi connectivity index (χ1n) is 6.38. The molecule has 1 aromatic heterocycles. The van der Waals surface area contributed by atoms with Crippen LogP contribution in [-0.4, -0.2) is 49.5 Å². The average Bonchev–Trinajstić information content (AvgIpc) is 2.84. The van der Waals surface area contributed by atoms with Crippen LogP contribution in [0.1, 0.15) is 22.7 Å². The highest BCUT2D eigenvalue weighted by atomic mass is 32.2. The summed E-state index contributed by atoms with van der Waals surface area (Å²) in [4.78, 5) is 22.4. The minimum atomic E-state index is -3.08. The zero-order valence-electron chi connectivity index (χ0n) is 11.2. The van der Waals surface area contributed by atoms with Gasteiger partial charge in [-0.2, -0.15) is 0 Å². The second kappa shape index (κ2) is 6.27. The smallest absolute Gasteiger partial charge is 0.371 e. The molecule has 2 rings (SSSR count). The van der Waals surface area contributed by atoms with Gasteiger partial charge in [0, 0.05) is 19.0 Å². The fourth-order valence-corrected chi connectivity index (χ4v) is 3.51. The number of carboxylic acids is 1. The molecule has 3 N–H and O–H groups in total. The zero-order chi connectivity index (χ0) is 15.5. The van der Waals surface area contributed by atoms with Crippen LogP contribution in [-0.2, 0) is 21.2 Å². The third kappa shape index (κ3) is 4.57. The van der Waals surface area contributed by atoms with Crippen LogP contribution in [0.2, 0.25) is 0 Å². The van der Waals surface area contributed by atoms with Crippen molar-refractivity contribution < 1.29 is 27.5 Å². The van der Waals surface area contributed by atoms with Crippen molar-refractivity contribution in [1.29, 1.82) is 0 Å². The Labute approximate surface area is 121 Å². The van der Waals surface area contributed by atoms with Crippen LogP contribution >= 0.6 is 0 Å². The van der Waals surface area contributed by atoms with Gasteiger partial charge in [-0.1, -0.05) is 0 Å². The highest BCUT2D eigenvalue weighted by molar-refractivity contribution is 7.91. The minimum absolute atomic E-state index is 0.0473. The minimum Gasteiger partial charge on any atom is -0.475 e. The van der Waals surface area contributed by atoms with Gasteiger partial charge in [-0.05, 0) is 12.1 Å². The summed E-state index contributed by atoms with van der Waals surface area (Å²) in [5.74, 6) is -1.33. The summed E-state index contributed by atoms with van der Waals surface area (Å²) >= 11 is 0. The molecule has 1 saturated heterocycles. The molecule has 0 radical (unpaired) electrons. The molecule has 1 aliphatic rings. The average molecular weight is 316 g/mol. The van der Waals surface area contributed by atoms with E-state index in [2.05, 4.69) is 10.6 Å². The molecule has 0 aliphatic carbocycles. The van der Waals surface area contributed by atoms with Gasteiger partial charge in [-0.15, -0.1) is 0 Å². The van der Waals surface area contributed by atoms with E-state index >= 15 is 0 Å². The number of sulfone groups is 1. The third-order valence-electron chi connectivity index (χ3n) is 3.07. The van der Waals surface area contributed by atoms with E-state index in [1.807, 2.05) is 0 Å². The number of nitrogens with one attached hydrogen (secondary N) is 2. The summed E-state index contributed by atoms with van der Waals surface area (Å²) in [6, 6.07) is 2.38. The molecule has 1 atom stereocenters. The van der Waals surface area contributed by atoms with Gasteiger partial charge in [0.2, 0.25) is 11.7 Å². The molecule has 21 heavy (non-hydrogen) atoms. The van der Waals surface area contributed by atoms with Crippen molar-refractivity contribution in [2.75, 3.05) is 18.1 Å². The lowest BCUT2D eigenvalue weighted by molar-refractivity contribution is -0.121. The first kappa shape index (κ1) is 15.5. The number of rotatable bonds is 5. The molecule has 1 amide bonds. The van der Waals surface area contributed by atoms with Crippen LogP contribution in [0.3, 0.4) is 0 Å². The number of carbonyl (C=O) groups excluding carboxylic acids is 1. The zero-order valence-corrected chi connectivity index (χ0v) is 12.0. The Bertz CT molecular complexity index is 636. The first-order valence-corrected chi connectivity index (χ1v) is 8.20.